The number of nitrogen functional groups attached to an aromatic ring is 1. The van der Waals surface area contributed by atoms with Crippen LogP contribution in [0.25, 0.3) is 0 Å². The summed E-state index contributed by atoms with van der Waals surface area (Å²) < 4.78 is 5.52. The van der Waals surface area contributed by atoms with Crippen LogP contribution < -0.4 is 15.8 Å². The molecule has 0 aliphatic rings. The van der Waals surface area contributed by atoms with Crippen LogP contribution in [0.1, 0.15) is 32.4 Å². The largest absolute Gasteiger partial charge is 0.473 e. The Hall–Kier alpha value is -2.31. The van der Waals surface area contributed by atoms with Crippen LogP contribution in [-0.4, -0.2) is 26.3 Å². The van der Waals surface area contributed by atoms with Crippen molar-refractivity contribution in [2.24, 2.45) is 0 Å². The van der Waals surface area contributed by atoms with E-state index in [0.717, 1.165) is 5.56 Å². The van der Waals surface area contributed by atoms with Crippen molar-refractivity contribution >= 4 is 11.5 Å². The molecule has 0 aromatic carbocycles. The normalized spacial score (nSPS) is 12.4. The molecule has 0 aliphatic heterocycles. The number of H-pyrrole nitrogens is 1. The number of nitrogens with zero attached hydrogens (tertiary/aromatic N) is 3. The summed E-state index contributed by atoms with van der Waals surface area (Å²) in [5.41, 5.74) is 7.42. The van der Waals surface area contributed by atoms with Crippen molar-refractivity contribution in [3.63, 3.8) is 0 Å². The molecule has 0 aliphatic carbocycles. The quantitative estimate of drug-likeness (QED) is 0.758. The van der Waals surface area contributed by atoms with Gasteiger partial charge in [-0.05, 0) is 20.8 Å². The summed E-state index contributed by atoms with van der Waals surface area (Å²) in [6.45, 7) is 5.83. The molecule has 0 bridgehead atoms. The summed E-state index contributed by atoms with van der Waals surface area (Å²) in [7, 11) is 0. The van der Waals surface area contributed by atoms with Crippen molar-refractivity contribution in [3.05, 3.63) is 24.3 Å². The molecular formula is C12H18N6O. The van der Waals surface area contributed by atoms with Gasteiger partial charge in [0.1, 0.15) is 12.0 Å². The summed E-state index contributed by atoms with van der Waals surface area (Å²) in [6.07, 6.45) is 5.01. The third-order valence-electron chi connectivity index (χ3n) is 2.57. The number of nitrogens with one attached hydrogen (secondary N) is 2. The van der Waals surface area contributed by atoms with Gasteiger partial charge in [-0.3, -0.25) is 5.10 Å². The van der Waals surface area contributed by atoms with Crippen molar-refractivity contribution in [3.8, 4) is 5.88 Å². The van der Waals surface area contributed by atoms with Gasteiger partial charge in [0.15, 0.2) is 5.82 Å². The van der Waals surface area contributed by atoms with E-state index < -0.39 is 0 Å². The van der Waals surface area contributed by atoms with Gasteiger partial charge in [-0.2, -0.15) is 10.1 Å². The monoisotopic (exact) mass is 262 g/mol. The van der Waals surface area contributed by atoms with Crippen molar-refractivity contribution in [1.82, 2.24) is 20.2 Å². The molecule has 1 atom stereocenters. The third kappa shape index (κ3) is 3.12. The molecule has 0 saturated heterocycles. The highest BCUT2D eigenvalue weighted by atomic mass is 16.5. The highest BCUT2D eigenvalue weighted by Gasteiger charge is 2.14. The zero-order valence-electron chi connectivity index (χ0n) is 11.2. The maximum Gasteiger partial charge on any atom is 0.242 e. The Balaban J connectivity index is 2.16. The highest BCUT2D eigenvalue weighted by molar-refractivity contribution is 5.66. The zero-order chi connectivity index (χ0) is 13.8. The molecule has 0 fully saturated rings. The second-order valence-electron chi connectivity index (χ2n) is 4.51. The van der Waals surface area contributed by atoms with Gasteiger partial charge in [0.25, 0.3) is 0 Å². The molecule has 1 unspecified atom stereocenters. The molecule has 2 aromatic rings. The van der Waals surface area contributed by atoms with E-state index in [1.165, 1.54) is 6.33 Å². The summed E-state index contributed by atoms with van der Waals surface area (Å²) in [4.78, 5) is 8.17. The maximum absolute atomic E-state index is 6.00. The molecule has 19 heavy (non-hydrogen) atoms. The average molecular weight is 262 g/mol. The molecule has 0 saturated carbocycles. The lowest BCUT2D eigenvalue weighted by atomic mass is 10.2. The van der Waals surface area contributed by atoms with Gasteiger partial charge in [-0.25, -0.2) is 4.98 Å². The standard InChI is InChI=1S/C12H18N6O/c1-7(2)19-12-10(13)11(14-6-15-12)18-8(3)9-4-16-17-5-9/h4-8H,13H2,1-3H3,(H,16,17)(H,14,15,18). The fourth-order valence-corrected chi connectivity index (χ4v) is 1.60. The molecular weight excluding hydrogens is 244 g/mol. The van der Waals surface area contributed by atoms with Gasteiger partial charge in [0, 0.05) is 11.8 Å². The molecule has 2 aromatic heterocycles. The average Bonchev–Trinajstić information content (AvgIpc) is 2.87. The molecule has 0 amide bonds. The van der Waals surface area contributed by atoms with Crippen LogP contribution in [0, 0.1) is 0 Å². The predicted molar refractivity (Wildman–Crippen MR) is 72.8 cm³/mol. The van der Waals surface area contributed by atoms with E-state index in [9.17, 15) is 0 Å². The summed E-state index contributed by atoms with van der Waals surface area (Å²) in [5.74, 6) is 0.950. The second-order valence-corrected chi connectivity index (χ2v) is 4.51. The van der Waals surface area contributed by atoms with Crippen LogP contribution in [-0.2, 0) is 0 Å². The van der Waals surface area contributed by atoms with Crippen LogP contribution in [0.3, 0.4) is 0 Å². The first kappa shape index (κ1) is 13.1. The Bertz CT molecular complexity index is 525. The lowest BCUT2D eigenvalue weighted by molar-refractivity contribution is 0.234. The molecule has 7 heteroatoms. The molecule has 0 spiro atoms. The number of rotatable bonds is 5. The topological polar surface area (TPSA) is 102 Å². The van der Waals surface area contributed by atoms with Gasteiger partial charge in [-0.1, -0.05) is 0 Å². The Morgan fingerprint density at radius 1 is 1.32 bits per heavy atom. The maximum atomic E-state index is 6.00. The number of anilines is 2. The zero-order valence-corrected chi connectivity index (χ0v) is 11.2. The van der Waals surface area contributed by atoms with Crippen molar-refractivity contribution in [1.29, 1.82) is 0 Å². The van der Waals surface area contributed by atoms with E-state index in [4.69, 9.17) is 10.5 Å². The van der Waals surface area contributed by atoms with Crippen LogP contribution in [0.4, 0.5) is 11.5 Å². The van der Waals surface area contributed by atoms with Gasteiger partial charge in [0.2, 0.25) is 5.88 Å². The van der Waals surface area contributed by atoms with Crippen LogP contribution >= 0.6 is 0 Å². The number of hydrogen-bond acceptors (Lipinski definition) is 6. The molecule has 4 N–H and O–H groups in total. The first-order valence-electron chi connectivity index (χ1n) is 6.10. The minimum atomic E-state index is 0.0105. The minimum Gasteiger partial charge on any atom is -0.473 e. The first-order chi connectivity index (χ1) is 9.08. The molecule has 102 valence electrons. The molecule has 2 rings (SSSR count). The van der Waals surface area contributed by atoms with E-state index in [1.54, 1.807) is 6.20 Å². The van der Waals surface area contributed by atoms with E-state index in [0.29, 0.717) is 17.4 Å². The van der Waals surface area contributed by atoms with Gasteiger partial charge in [-0.15, -0.1) is 0 Å². The fourth-order valence-electron chi connectivity index (χ4n) is 1.60. The lowest BCUT2D eigenvalue weighted by Gasteiger charge is -2.16. The Labute approximate surface area is 111 Å². The number of hydrogen-bond donors (Lipinski definition) is 3. The van der Waals surface area contributed by atoms with Gasteiger partial charge >= 0.3 is 0 Å². The van der Waals surface area contributed by atoms with E-state index in [-0.39, 0.29) is 12.1 Å². The summed E-state index contributed by atoms with van der Waals surface area (Å²) in [5, 5.41) is 9.89. The fraction of sp³-hybridized carbons (Fsp3) is 0.417. The molecule has 7 nitrogen and oxygen atoms in total. The number of nitrogens with two attached hydrogens (primary N) is 1. The summed E-state index contributed by atoms with van der Waals surface area (Å²) >= 11 is 0. The summed E-state index contributed by atoms with van der Waals surface area (Å²) in [6, 6.07) is 0.0304. The molecule has 0 radical (unpaired) electrons. The van der Waals surface area contributed by atoms with Crippen molar-refractivity contribution < 1.29 is 4.74 Å². The van der Waals surface area contributed by atoms with Crippen LogP contribution in [0.15, 0.2) is 18.7 Å². The van der Waals surface area contributed by atoms with Crippen molar-refractivity contribution in [2.75, 3.05) is 11.1 Å². The second kappa shape index (κ2) is 5.55. The van der Waals surface area contributed by atoms with Crippen LogP contribution in [0.5, 0.6) is 5.88 Å². The van der Waals surface area contributed by atoms with Crippen LogP contribution in [0.2, 0.25) is 0 Å². The number of aromatic nitrogens is 4. The van der Waals surface area contributed by atoms with Gasteiger partial charge < -0.3 is 15.8 Å². The minimum absolute atomic E-state index is 0.0105. The number of aromatic amines is 1. The van der Waals surface area contributed by atoms with E-state index in [2.05, 4.69) is 25.5 Å². The molecule has 2 heterocycles. The van der Waals surface area contributed by atoms with E-state index >= 15 is 0 Å². The smallest absolute Gasteiger partial charge is 0.242 e. The predicted octanol–water partition coefficient (Wildman–Crippen LogP) is 1.74. The number of ether oxygens (including phenoxy) is 1. The van der Waals surface area contributed by atoms with Crippen molar-refractivity contribution in [2.45, 2.75) is 32.9 Å². The Kier molecular flexibility index (Phi) is 3.84. The van der Waals surface area contributed by atoms with E-state index in [1.807, 2.05) is 27.0 Å². The highest BCUT2D eigenvalue weighted by Crippen LogP contribution is 2.28. The van der Waals surface area contributed by atoms with Gasteiger partial charge in [0.05, 0.1) is 18.3 Å². The first-order valence-corrected chi connectivity index (χ1v) is 6.10. The Morgan fingerprint density at radius 2 is 2.11 bits per heavy atom. The third-order valence-corrected chi connectivity index (χ3v) is 2.57. The SMILES string of the molecule is CC(C)Oc1ncnc(NC(C)c2cn[nH]c2)c1N. The Morgan fingerprint density at radius 3 is 2.74 bits per heavy atom. The lowest BCUT2D eigenvalue weighted by Crippen LogP contribution is -2.13.